The molecule has 158 valence electrons. The largest absolute Gasteiger partial charge is 0.493 e. The van der Waals surface area contributed by atoms with Crippen LogP contribution in [0.1, 0.15) is 34.5 Å². The molecule has 1 fully saturated rings. The van der Waals surface area contributed by atoms with Crippen LogP contribution in [0, 0.1) is 0 Å². The molecule has 0 bridgehead atoms. The summed E-state index contributed by atoms with van der Waals surface area (Å²) in [6, 6.07) is 6.18. The Bertz CT molecular complexity index is 965. The summed E-state index contributed by atoms with van der Waals surface area (Å²) < 4.78 is 11.8. The highest BCUT2D eigenvalue weighted by Crippen LogP contribution is 2.38. The van der Waals surface area contributed by atoms with Gasteiger partial charge in [0.1, 0.15) is 5.82 Å². The topological polar surface area (TPSA) is 53.6 Å². The second kappa shape index (κ2) is 8.91. The lowest BCUT2D eigenvalue weighted by Crippen LogP contribution is -2.23. The predicted molar refractivity (Wildman–Crippen MR) is 122 cm³/mol. The number of anilines is 1. The normalized spacial score (nSPS) is 14.7. The molecule has 0 radical (unpaired) electrons. The van der Waals surface area contributed by atoms with Crippen LogP contribution in [0.3, 0.4) is 0 Å². The zero-order valence-electron chi connectivity index (χ0n) is 17.8. The predicted octanol–water partition coefficient (Wildman–Crippen LogP) is 4.68. The van der Waals surface area contributed by atoms with Gasteiger partial charge in [-0.2, -0.15) is 0 Å². The Balaban J connectivity index is 0.00000256. The third-order valence-corrected chi connectivity index (χ3v) is 5.91. The Morgan fingerprint density at radius 2 is 1.93 bits per heavy atom. The van der Waals surface area contributed by atoms with E-state index in [0.29, 0.717) is 6.61 Å². The quantitative estimate of drug-likeness (QED) is 0.530. The summed E-state index contributed by atoms with van der Waals surface area (Å²) in [5.41, 5.74) is 2.14. The average Bonchev–Trinajstić information content (AvgIpc) is 3.39. The number of nitrogens with zero attached hydrogens (tertiary/aromatic N) is 3. The Kier molecular flexibility index (Phi) is 6.09. The first-order valence-electron chi connectivity index (χ1n) is 10.8. The molecule has 4 rings (SSSR count). The van der Waals surface area contributed by atoms with Gasteiger partial charge < -0.3 is 24.3 Å². The Hall–Kier alpha value is -2.47. The van der Waals surface area contributed by atoms with E-state index in [4.69, 9.17) is 9.47 Å². The lowest BCUT2D eigenvalue weighted by atomic mass is 10.1. The smallest absolute Gasteiger partial charge is 0.163 e. The SMILES string of the molecule is CCN(CC)c1nccc2[nH]c3cc(OCCCN4CCCC4)c(OC)cc3c12.[HH]. The van der Waals surface area contributed by atoms with Crippen LogP contribution in [0.5, 0.6) is 11.5 Å². The van der Waals surface area contributed by atoms with Crippen LogP contribution in [0.2, 0.25) is 0 Å². The summed E-state index contributed by atoms with van der Waals surface area (Å²) in [5.74, 6) is 2.58. The van der Waals surface area contributed by atoms with Crippen LogP contribution < -0.4 is 14.4 Å². The molecule has 3 aromatic rings. The van der Waals surface area contributed by atoms with Gasteiger partial charge in [-0.1, -0.05) is 0 Å². The standard InChI is InChI=1S/C23H32N4O2.H2/c1-4-27(5-2)23-22-17-15-20(28-3)21(16-19(17)25-18(22)9-10-24-23)29-14-8-13-26-11-6-7-12-26;/h9-10,15-16,25H,4-8,11-14H2,1-3H3;1H. The van der Waals surface area contributed by atoms with Crippen molar-refractivity contribution in [2.75, 3.05) is 51.3 Å². The van der Waals surface area contributed by atoms with Crippen LogP contribution in [0.4, 0.5) is 5.82 Å². The van der Waals surface area contributed by atoms with Crippen molar-refractivity contribution in [1.82, 2.24) is 14.9 Å². The van der Waals surface area contributed by atoms with Gasteiger partial charge >= 0.3 is 0 Å². The number of H-pyrrole nitrogens is 1. The van der Waals surface area contributed by atoms with E-state index in [1.807, 2.05) is 12.3 Å². The summed E-state index contributed by atoms with van der Waals surface area (Å²) in [6.07, 6.45) is 5.56. The number of ether oxygens (including phenoxy) is 2. The third-order valence-electron chi connectivity index (χ3n) is 5.91. The summed E-state index contributed by atoms with van der Waals surface area (Å²) >= 11 is 0. The minimum Gasteiger partial charge on any atom is -0.493 e. The molecular weight excluding hydrogens is 364 g/mol. The molecule has 0 spiro atoms. The highest BCUT2D eigenvalue weighted by molar-refractivity contribution is 6.13. The van der Waals surface area contributed by atoms with Gasteiger partial charge in [-0.05, 0) is 58.3 Å². The average molecular weight is 399 g/mol. The van der Waals surface area contributed by atoms with Crippen molar-refractivity contribution < 1.29 is 10.9 Å². The zero-order chi connectivity index (χ0) is 20.2. The van der Waals surface area contributed by atoms with E-state index >= 15 is 0 Å². The van der Waals surface area contributed by atoms with Crippen LogP contribution in [0.15, 0.2) is 24.4 Å². The third kappa shape index (κ3) is 3.99. The molecule has 3 heterocycles. The number of fused-ring (bicyclic) bond motifs is 3. The summed E-state index contributed by atoms with van der Waals surface area (Å²) in [5, 5.41) is 2.27. The van der Waals surface area contributed by atoms with Crippen LogP contribution in [-0.2, 0) is 0 Å². The highest BCUT2D eigenvalue weighted by atomic mass is 16.5. The first-order valence-corrected chi connectivity index (χ1v) is 10.8. The number of aromatic nitrogens is 2. The first-order chi connectivity index (χ1) is 14.2. The fraction of sp³-hybridized carbons (Fsp3) is 0.522. The number of hydrogen-bond donors (Lipinski definition) is 1. The van der Waals surface area contributed by atoms with Crippen LogP contribution >= 0.6 is 0 Å². The maximum Gasteiger partial charge on any atom is 0.163 e. The molecule has 0 aliphatic carbocycles. The fourth-order valence-corrected chi connectivity index (χ4v) is 4.35. The van der Waals surface area contributed by atoms with Crippen molar-refractivity contribution in [1.29, 1.82) is 0 Å². The molecule has 0 atom stereocenters. The summed E-state index contributed by atoms with van der Waals surface area (Å²) in [7, 11) is 1.71. The number of likely N-dealkylation sites (tertiary alicyclic amines) is 1. The van der Waals surface area contributed by atoms with Gasteiger partial charge in [-0.25, -0.2) is 4.98 Å². The van der Waals surface area contributed by atoms with Gasteiger partial charge in [0.15, 0.2) is 11.5 Å². The molecule has 6 nitrogen and oxygen atoms in total. The second-order valence-electron chi connectivity index (χ2n) is 7.65. The number of nitrogens with one attached hydrogen (secondary N) is 1. The molecule has 2 aromatic heterocycles. The van der Waals surface area contributed by atoms with E-state index in [1.165, 1.54) is 25.9 Å². The van der Waals surface area contributed by atoms with E-state index in [9.17, 15) is 0 Å². The van der Waals surface area contributed by atoms with E-state index in [2.05, 4.69) is 45.7 Å². The van der Waals surface area contributed by atoms with Crippen molar-refractivity contribution >= 4 is 27.6 Å². The van der Waals surface area contributed by atoms with Gasteiger partial charge in [-0.15, -0.1) is 0 Å². The van der Waals surface area contributed by atoms with Crippen LogP contribution in [0.25, 0.3) is 21.8 Å². The molecule has 6 heteroatoms. The van der Waals surface area contributed by atoms with Crippen molar-refractivity contribution in [3.05, 3.63) is 24.4 Å². The van der Waals surface area contributed by atoms with Crippen molar-refractivity contribution in [2.45, 2.75) is 33.1 Å². The molecule has 0 saturated carbocycles. The first kappa shape index (κ1) is 19.8. The molecule has 1 aliphatic heterocycles. The Morgan fingerprint density at radius 3 is 2.66 bits per heavy atom. The van der Waals surface area contributed by atoms with Gasteiger partial charge in [-0.3, -0.25) is 0 Å². The molecule has 1 saturated heterocycles. The molecule has 0 amide bonds. The van der Waals surface area contributed by atoms with Crippen molar-refractivity contribution in [3.8, 4) is 11.5 Å². The minimum atomic E-state index is 0. The number of pyridine rings is 1. The molecule has 29 heavy (non-hydrogen) atoms. The van der Waals surface area contributed by atoms with E-state index in [0.717, 1.165) is 65.2 Å². The number of hydrogen-bond acceptors (Lipinski definition) is 5. The number of rotatable bonds is 9. The zero-order valence-corrected chi connectivity index (χ0v) is 17.8. The Morgan fingerprint density at radius 1 is 1.14 bits per heavy atom. The number of benzene rings is 1. The van der Waals surface area contributed by atoms with E-state index in [-0.39, 0.29) is 1.43 Å². The minimum absolute atomic E-state index is 0. The molecule has 1 aliphatic rings. The molecule has 0 unspecified atom stereocenters. The number of aromatic amines is 1. The van der Waals surface area contributed by atoms with Crippen molar-refractivity contribution in [3.63, 3.8) is 0 Å². The number of methoxy groups -OCH3 is 1. The maximum atomic E-state index is 6.11. The summed E-state index contributed by atoms with van der Waals surface area (Å²) in [4.78, 5) is 13.0. The molecular formula is C23H34N4O2. The summed E-state index contributed by atoms with van der Waals surface area (Å²) in [6.45, 7) is 10.4. The molecule has 1 N–H and O–H groups in total. The van der Waals surface area contributed by atoms with Gasteiger partial charge in [0.2, 0.25) is 0 Å². The molecule has 1 aromatic carbocycles. The highest BCUT2D eigenvalue weighted by Gasteiger charge is 2.17. The lowest BCUT2D eigenvalue weighted by Gasteiger charge is -2.20. The Labute approximate surface area is 174 Å². The second-order valence-corrected chi connectivity index (χ2v) is 7.65. The lowest BCUT2D eigenvalue weighted by molar-refractivity contribution is 0.254. The monoisotopic (exact) mass is 398 g/mol. The van der Waals surface area contributed by atoms with Gasteiger partial charge in [0, 0.05) is 38.7 Å². The van der Waals surface area contributed by atoms with E-state index in [1.54, 1.807) is 7.11 Å². The van der Waals surface area contributed by atoms with Gasteiger partial charge in [0.25, 0.3) is 0 Å². The van der Waals surface area contributed by atoms with Crippen molar-refractivity contribution in [2.24, 2.45) is 0 Å². The maximum absolute atomic E-state index is 6.11. The van der Waals surface area contributed by atoms with Gasteiger partial charge in [0.05, 0.1) is 30.1 Å². The fourth-order valence-electron chi connectivity index (χ4n) is 4.35. The van der Waals surface area contributed by atoms with E-state index < -0.39 is 0 Å². The van der Waals surface area contributed by atoms with Crippen LogP contribution in [-0.4, -0.2) is 61.3 Å².